The molecule has 0 spiro atoms. The first-order chi connectivity index (χ1) is 7.22. The lowest BCUT2D eigenvalue weighted by molar-refractivity contribution is 0.0999. The van der Waals surface area contributed by atoms with Crippen LogP contribution in [0.4, 0.5) is 0 Å². The summed E-state index contributed by atoms with van der Waals surface area (Å²) in [6, 6.07) is 7.61. The van der Waals surface area contributed by atoms with E-state index in [1.54, 1.807) is 7.11 Å². The Morgan fingerprint density at radius 1 is 1.53 bits per heavy atom. The Morgan fingerprint density at radius 2 is 2.27 bits per heavy atom. The highest BCUT2D eigenvalue weighted by atomic mass is 79.9. The van der Waals surface area contributed by atoms with Crippen molar-refractivity contribution in [2.45, 2.75) is 13.0 Å². The van der Waals surface area contributed by atoms with E-state index in [2.05, 4.69) is 22.0 Å². The lowest BCUT2D eigenvalue weighted by atomic mass is 10.1. The van der Waals surface area contributed by atoms with Gasteiger partial charge in [0.15, 0.2) is 6.10 Å². The Kier molecular flexibility index (Phi) is 4.60. The SMILES string of the molecule is CCOC(C#N)c1cc(Br)ccc1OC. The predicted octanol–water partition coefficient (Wildman–Crippen LogP) is 3.06. The number of ether oxygens (including phenoxy) is 2. The quantitative estimate of drug-likeness (QED) is 0.844. The molecule has 0 N–H and O–H groups in total. The maximum absolute atomic E-state index is 8.98. The van der Waals surface area contributed by atoms with Gasteiger partial charge in [-0.2, -0.15) is 5.26 Å². The van der Waals surface area contributed by atoms with E-state index in [0.717, 1.165) is 10.0 Å². The van der Waals surface area contributed by atoms with Crippen LogP contribution in [0.2, 0.25) is 0 Å². The summed E-state index contributed by atoms with van der Waals surface area (Å²) in [5, 5.41) is 8.98. The third kappa shape index (κ3) is 2.95. The average molecular weight is 270 g/mol. The lowest BCUT2D eigenvalue weighted by Gasteiger charge is -2.13. The molecule has 0 saturated heterocycles. The standard InChI is InChI=1S/C11H12BrNO2/c1-3-15-11(7-13)9-6-8(12)4-5-10(9)14-2/h4-6,11H,3H2,1-2H3. The minimum atomic E-state index is -0.581. The smallest absolute Gasteiger partial charge is 0.172 e. The maximum atomic E-state index is 8.98. The third-order valence-electron chi connectivity index (χ3n) is 1.92. The zero-order valence-corrected chi connectivity index (χ0v) is 10.2. The number of halogens is 1. The second kappa shape index (κ2) is 5.74. The molecule has 80 valence electrons. The Hall–Kier alpha value is -1.05. The van der Waals surface area contributed by atoms with E-state index in [0.29, 0.717) is 12.4 Å². The van der Waals surface area contributed by atoms with Crippen LogP contribution in [0.1, 0.15) is 18.6 Å². The molecule has 15 heavy (non-hydrogen) atoms. The molecule has 0 aliphatic rings. The summed E-state index contributed by atoms with van der Waals surface area (Å²) < 4.78 is 11.4. The van der Waals surface area contributed by atoms with E-state index in [1.807, 2.05) is 25.1 Å². The minimum Gasteiger partial charge on any atom is -0.496 e. The molecule has 1 unspecified atom stereocenters. The monoisotopic (exact) mass is 269 g/mol. The van der Waals surface area contributed by atoms with Crippen molar-refractivity contribution in [1.82, 2.24) is 0 Å². The van der Waals surface area contributed by atoms with Crippen molar-refractivity contribution in [3.05, 3.63) is 28.2 Å². The average Bonchev–Trinajstić information content (AvgIpc) is 2.26. The van der Waals surface area contributed by atoms with Crippen LogP contribution in [0.3, 0.4) is 0 Å². The number of hydrogen-bond donors (Lipinski definition) is 0. The highest BCUT2D eigenvalue weighted by molar-refractivity contribution is 9.10. The molecule has 0 bridgehead atoms. The predicted molar refractivity (Wildman–Crippen MR) is 60.7 cm³/mol. The van der Waals surface area contributed by atoms with Gasteiger partial charge in [0.05, 0.1) is 13.2 Å². The number of nitrogens with zero attached hydrogens (tertiary/aromatic N) is 1. The Labute approximate surface area is 97.7 Å². The van der Waals surface area contributed by atoms with E-state index in [4.69, 9.17) is 14.7 Å². The normalized spacial score (nSPS) is 11.9. The van der Waals surface area contributed by atoms with Gasteiger partial charge in [0.2, 0.25) is 0 Å². The summed E-state index contributed by atoms with van der Waals surface area (Å²) >= 11 is 3.35. The molecule has 4 heteroatoms. The van der Waals surface area contributed by atoms with E-state index in [1.165, 1.54) is 0 Å². The highest BCUT2D eigenvalue weighted by Gasteiger charge is 2.15. The molecule has 0 heterocycles. The van der Waals surface area contributed by atoms with Crippen LogP contribution < -0.4 is 4.74 Å². The van der Waals surface area contributed by atoms with Gasteiger partial charge in [-0.1, -0.05) is 15.9 Å². The Morgan fingerprint density at radius 3 is 2.80 bits per heavy atom. The van der Waals surface area contributed by atoms with Crippen molar-refractivity contribution in [3.63, 3.8) is 0 Å². The van der Waals surface area contributed by atoms with Gasteiger partial charge in [-0.15, -0.1) is 0 Å². The molecular weight excluding hydrogens is 258 g/mol. The Bertz CT molecular complexity index is 373. The first-order valence-corrected chi connectivity index (χ1v) is 5.36. The number of hydrogen-bond acceptors (Lipinski definition) is 3. The highest BCUT2D eigenvalue weighted by Crippen LogP contribution is 2.30. The fraction of sp³-hybridized carbons (Fsp3) is 0.364. The van der Waals surface area contributed by atoms with Crippen LogP contribution in [0.25, 0.3) is 0 Å². The van der Waals surface area contributed by atoms with Crippen LogP contribution in [0, 0.1) is 11.3 Å². The summed E-state index contributed by atoms with van der Waals surface area (Å²) in [4.78, 5) is 0. The fourth-order valence-electron chi connectivity index (χ4n) is 1.27. The zero-order chi connectivity index (χ0) is 11.3. The van der Waals surface area contributed by atoms with Crippen LogP contribution in [0.5, 0.6) is 5.75 Å². The molecule has 0 radical (unpaired) electrons. The summed E-state index contributed by atoms with van der Waals surface area (Å²) in [5.74, 6) is 0.665. The zero-order valence-electron chi connectivity index (χ0n) is 8.66. The van der Waals surface area contributed by atoms with Crippen molar-refractivity contribution in [2.24, 2.45) is 0 Å². The maximum Gasteiger partial charge on any atom is 0.172 e. The van der Waals surface area contributed by atoms with Crippen LogP contribution in [-0.4, -0.2) is 13.7 Å². The van der Waals surface area contributed by atoms with Crippen molar-refractivity contribution < 1.29 is 9.47 Å². The minimum absolute atomic E-state index is 0.494. The van der Waals surface area contributed by atoms with Crippen LogP contribution in [-0.2, 0) is 4.74 Å². The lowest BCUT2D eigenvalue weighted by Crippen LogP contribution is -2.03. The molecule has 1 aromatic rings. The van der Waals surface area contributed by atoms with Gasteiger partial charge in [0, 0.05) is 16.6 Å². The summed E-state index contributed by atoms with van der Waals surface area (Å²) in [7, 11) is 1.58. The topological polar surface area (TPSA) is 42.2 Å². The van der Waals surface area contributed by atoms with Crippen LogP contribution >= 0.6 is 15.9 Å². The molecule has 0 aliphatic heterocycles. The van der Waals surface area contributed by atoms with Gasteiger partial charge in [-0.25, -0.2) is 0 Å². The number of nitriles is 1. The van der Waals surface area contributed by atoms with E-state index in [-0.39, 0.29) is 0 Å². The molecule has 1 rings (SSSR count). The first kappa shape index (κ1) is 12.0. The second-order valence-corrected chi connectivity index (χ2v) is 3.77. The van der Waals surface area contributed by atoms with Crippen LogP contribution in [0.15, 0.2) is 22.7 Å². The van der Waals surface area contributed by atoms with Gasteiger partial charge in [0.25, 0.3) is 0 Å². The summed E-state index contributed by atoms with van der Waals surface area (Å²) in [6.07, 6.45) is -0.581. The largest absolute Gasteiger partial charge is 0.496 e. The molecule has 0 aromatic heterocycles. The van der Waals surface area contributed by atoms with Gasteiger partial charge >= 0.3 is 0 Å². The molecule has 3 nitrogen and oxygen atoms in total. The van der Waals surface area contributed by atoms with Crippen molar-refractivity contribution >= 4 is 15.9 Å². The van der Waals surface area contributed by atoms with Gasteiger partial charge in [0.1, 0.15) is 5.75 Å². The second-order valence-electron chi connectivity index (χ2n) is 2.85. The number of rotatable bonds is 4. The molecule has 0 aliphatic carbocycles. The first-order valence-electron chi connectivity index (χ1n) is 4.57. The van der Waals surface area contributed by atoms with Crippen molar-refractivity contribution in [2.75, 3.05) is 13.7 Å². The van der Waals surface area contributed by atoms with E-state index >= 15 is 0 Å². The summed E-state index contributed by atoms with van der Waals surface area (Å²) in [5.41, 5.74) is 0.747. The molecular formula is C11H12BrNO2. The fourth-order valence-corrected chi connectivity index (χ4v) is 1.65. The van der Waals surface area contributed by atoms with Gasteiger partial charge in [-0.3, -0.25) is 0 Å². The molecule has 0 amide bonds. The Balaban J connectivity index is 3.09. The number of benzene rings is 1. The molecule has 0 fully saturated rings. The molecule has 0 saturated carbocycles. The van der Waals surface area contributed by atoms with Crippen molar-refractivity contribution in [3.8, 4) is 11.8 Å². The number of methoxy groups -OCH3 is 1. The third-order valence-corrected chi connectivity index (χ3v) is 2.42. The van der Waals surface area contributed by atoms with E-state index < -0.39 is 6.10 Å². The van der Waals surface area contributed by atoms with Crippen molar-refractivity contribution in [1.29, 1.82) is 5.26 Å². The van der Waals surface area contributed by atoms with Gasteiger partial charge < -0.3 is 9.47 Å². The van der Waals surface area contributed by atoms with Gasteiger partial charge in [-0.05, 0) is 25.1 Å². The molecule has 1 aromatic carbocycles. The summed E-state index contributed by atoms with van der Waals surface area (Å²) in [6.45, 7) is 2.35. The molecule has 1 atom stereocenters. The van der Waals surface area contributed by atoms with E-state index in [9.17, 15) is 0 Å².